The van der Waals surface area contributed by atoms with Crippen LogP contribution in [0.2, 0.25) is 0 Å². The third-order valence-corrected chi connectivity index (χ3v) is 5.26. The van der Waals surface area contributed by atoms with E-state index in [-0.39, 0.29) is 24.1 Å². The van der Waals surface area contributed by atoms with Gasteiger partial charge in [0.15, 0.2) is 0 Å². The number of imide groups is 1. The third-order valence-electron chi connectivity index (χ3n) is 5.26. The van der Waals surface area contributed by atoms with E-state index in [0.29, 0.717) is 37.5 Å². The summed E-state index contributed by atoms with van der Waals surface area (Å²) >= 11 is 0. The standard InChI is InChI=1S/C20H22N4O3/c25-17-7-6-16(19(26)23-17)24-12-15-5-1-4-14(18(15)20(24)27)11-21-8-2-3-13-9-22-10-13/h1,4-5,13,16,21-22H,6-12H2,(H,23,25,26). The van der Waals surface area contributed by atoms with E-state index in [1.54, 1.807) is 4.90 Å². The third kappa shape index (κ3) is 3.59. The van der Waals surface area contributed by atoms with Crippen LogP contribution in [0.1, 0.15) is 34.3 Å². The summed E-state index contributed by atoms with van der Waals surface area (Å²) in [7, 11) is 0. The SMILES string of the molecule is O=C1CCC(N2Cc3cccc(CNCC#CC4CNC4)c3C2=O)C(=O)N1. The van der Waals surface area contributed by atoms with Gasteiger partial charge in [-0.25, -0.2) is 0 Å². The zero-order valence-corrected chi connectivity index (χ0v) is 15.0. The quantitative estimate of drug-likeness (QED) is 0.389. The fraction of sp³-hybridized carbons (Fsp3) is 0.450. The van der Waals surface area contributed by atoms with Crippen LogP contribution in [0.25, 0.3) is 0 Å². The van der Waals surface area contributed by atoms with Gasteiger partial charge in [-0.1, -0.05) is 30.0 Å². The zero-order chi connectivity index (χ0) is 18.8. The summed E-state index contributed by atoms with van der Waals surface area (Å²) in [5.74, 6) is 5.99. The Kier molecular flexibility index (Phi) is 4.92. The average molecular weight is 366 g/mol. The molecule has 0 spiro atoms. The first kappa shape index (κ1) is 17.7. The van der Waals surface area contributed by atoms with Crippen LogP contribution in [0.3, 0.4) is 0 Å². The maximum absolute atomic E-state index is 13.0. The minimum atomic E-state index is -0.578. The van der Waals surface area contributed by atoms with E-state index in [1.807, 2.05) is 18.2 Å². The molecule has 0 aromatic heterocycles. The molecule has 7 nitrogen and oxygen atoms in total. The van der Waals surface area contributed by atoms with Crippen molar-refractivity contribution in [3.05, 3.63) is 34.9 Å². The van der Waals surface area contributed by atoms with E-state index in [9.17, 15) is 14.4 Å². The number of hydrogen-bond acceptors (Lipinski definition) is 5. The number of hydrogen-bond donors (Lipinski definition) is 3. The first-order valence-corrected chi connectivity index (χ1v) is 9.28. The Labute approximate surface area is 157 Å². The van der Waals surface area contributed by atoms with Crippen molar-refractivity contribution in [2.75, 3.05) is 19.6 Å². The molecule has 0 saturated carbocycles. The molecule has 7 heteroatoms. The molecule has 1 aromatic carbocycles. The molecule has 3 aliphatic heterocycles. The van der Waals surface area contributed by atoms with Gasteiger partial charge in [0.2, 0.25) is 11.8 Å². The number of nitrogens with one attached hydrogen (secondary N) is 3. The summed E-state index contributed by atoms with van der Waals surface area (Å²) in [5, 5.41) is 8.79. The highest BCUT2D eigenvalue weighted by Crippen LogP contribution is 2.29. The Morgan fingerprint density at radius 1 is 1.22 bits per heavy atom. The van der Waals surface area contributed by atoms with E-state index in [1.165, 1.54) is 0 Å². The van der Waals surface area contributed by atoms with Crippen LogP contribution in [0.5, 0.6) is 0 Å². The van der Waals surface area contributed by atoms with Gasteiger partial charge < -0.3 is 15.5 Å². The molecule has 3 amide bonds. The summed E-state index contributed by atoms with van der Waals surface area (Å²) in [6.07, 6.45) is 0.643. The van der Waals surface area contributed by atoms with Crippen LogP contribution in [-0.2, 0) is 22.7 Å². The number of fused-ring (bicyclic) bond motifs is 1. The summed E-state index contributed by atoms with van der Waals surface area (Å²) in [6, 6.07) is 5.21. The summed E-state index contributed by atoms with van der Waals surface area (Å²) in [5.41, 5.74) is 2.51. The summed E-state index contributed by atoms with van der Waals surface area (Å²) in [6.45, 7) is 3.46. The largest absolute Gasteiger partial charge is 0.322 e. The predicted octanol–water partition coefficient (Wildman–Crippen LogP) is -0.240. The van der Waals surface area contributed by atoms with E-state index in [0.717, 1.165) is 24.2 Å². The van der Waals surface area contributed by atoms with Gasteiger partial charge in [0, 0.05) is 44.1 Å². The van der Waals surface area contributed by atoms with E-state index < -0.39 is 6.04 Å². The molecule has 0 aliphatic carbocycles. The number of nitrogens with zero attached hydrogens (tertiary/aromatic N) is 1. The van der Waals surface area contributed by atoms with Gasteiger partial charge in [0.05, 0.1) is 6.54 Å². The first-order chi connectivity index (χ1) is 13.1. The highest BCUT2D eigenvalue weighted by atomic mass is 16.2. The lowest BCUT2D eigenvalue weighted by molar-refractivity contribution is -0.136. The van der Waals surface area contributed by atoms with Gasteiger partial charge in [-0.3, -0.25) is 19.7 Å². The highest BCUT2D eigenvalue weighted by molar-refractivity contribution is 6.05. The lowest BCUT2D eigenvalue weighted by Gasteiger charge is -2.29. The number of carbonyl (C=O) groups excluding carboxylic acids is 3. The molecular weight excluding hydrogens is 344 g/mol. The van der Waals surface area contributed by atoms with Gasteiger partial charge in [-0.2, -0.15) is 0 Å². The minimum Gasteiger partial charge on any atom is -0.322 e. The van der Waals surface area contributed by atoms with E-state index >= 15 is 0 Å². The Morgan fingerprint density at radius 3 is 2.81 bits per heavy atom. The van der Waals surface area contributed by atoms with Crippen molar-refractivity contribution in [2.24, 2.45) is 5.92 Å². The van der Waals surface area contributed by atoms with Crippen molar-refractivity contribution in [1.82, 2.24) is 20.9 Å². The maximum atomic E-state index is 13.0. The van der Waals surface area contributed by atoms with E-state index in [2.05, 4.69) is 27.8 Å². The highest BCUT2D eigenvalue weighted by Gasteiger charge is 2.39. The van der Waals surface area contributed by atoms with Crippen LogP contribution in [0.4, 0.5) is 0 Å². The first-order valence-electron chi connectivity index (χ1n) is 9.28. The van der Waals surface area contributed by atoms with Gasteiger partial charge in [0.25, 0.3) is 5.91 Å². The monoisotopic (exact) mass is 366 g/mol. The van der Waals surface area contributed by atoms with Crippen molar-refractivity contribution in [3.8, 4) is 11.8 Å². The van der Waals surface area contributed by atoms with Gasteiger partial charge in [-0.05, 0) is 17.5 Å². The van der Waals surface area contributed by atoms with Crippen molar-refractivity contribution < 1.29 is 14.4 Å². The average Bonchev–Trinajstić information content (AvgIpc) is 2.94. The van der Waals surface area contributed by atoms with E-state index in [4.69, 9.17) is 0 Å². The normalized spacial score (nSPS) is 22.0. The van der Waals surface area contributed by atoms with Crippen LogP contribution >= 0.6 is 0 Å². The van der Waals surface area contributed by atoms with Gasteiger partial charge in [0.1, 0.15) is 6.04 Å². The number of piperidine rings is 1. The smallest absolute Gasteiger partial charge is 0.255 e. The number of amides is 3. The molecule has 3 heterocycles. The summed E-state index contributed by atoms with van der Waals surface area (Å²) < 4.78 is 0. The van der Waals surface area contributed by atoms with Crippen molar-refractivity contribution in [2.45, 2.75) is 32.0 Å². The Morgan fingerprint density at radius 2 is 2.07 bits per heavy atom. The molecule has 2 saturated heterocycles. The van der Waals surface area contributed by atoms with Crippen molar-refractivity contribution in [1.29, 1.82) is 0 Å². The topological polar surface area (TPSA) is 90.5 Å². The molecule has 4 rings (SSSR count). The number of rotatable bonds is 4. The van der Waals surface area contributed by atoms with Crippen LogP contribution in [0, 0.1) is 17.8 Å². The second kappa shape index (κ2) is 7.51. The van der Waals surface area contributed by atoms with Crippen molar-refractivity contribution in [3.63, 3.8) is 0 Å². The maximum Gasteiger partial charge on any atom is 0.255 e. The fourth-order valence-corrected chi connectivity index (χ4v) is 3.68. The van der Waals surface area contributed by atoms with Crippen LogP contribution in [-0.4, -0.2) is 48.3 Å². The fourth-order valence-electron chi connectivity index (χ4n) is 3.68. The molecule has 3 aliphatic rings. The second-order valence-corrected chi connectivity index (χ2v) is 7.13. The Bertz CT molecular complexity index is 851. The molecule has 0 bridgehead atoms. The molecule has 0 radical (unpaired) electrons. The van der Waals surface area contributed by atoms with Crippen molar-refractivity contribution >= 4 is 17.7 Å². The molecular formula is C20H22N4O3. The van der Waals surface area contributed by atoms with Crippen LogP contribution in [0.15, 0.2) is 18.2 Å². The molecule has 2 fully saturated rings. The molecule has 1 unspecified atom stereocenters. The van der Waals surface area contributed by atoms with Gasteiger partial charge >= 0.3 is 0 Å². The van der Waals surface area contributed by atoms with Gasteiger partial charge in [-0.15, -0.1) is 0 Å². The molecule has 1 atom stereocenters. The molecule has 3 N–H and O–H groups in total. The molecule has 140 valence electrons. The Hall–Kier alpha value is -2.69. The second-order valence-electron chi connectivity index (χ2n) is 7.13. The lowest BCUT2D eigenvalue weighted by Crippen LogP contribution is -2.52. The zero-order valence-electron chi connectivity index (χ0n) is 15.0. The number of carbonyl (C=O) groups is 3. The minimum absolute atomic E-state index is 0.136. The molecule has 27 heavy (non-hydrogen) atoms. The molecule has 1 aromatic rings. The summed E-state index contributed by atoms with van der Waals surface area (Å²) in [4.78, 5) is 38.1. The predicted molar refractivity (Wildman–Crippen MR) is 98.3 cm³/mol. The van der Waals surface area contributed by atoms with Crippen LogP contribution < -0.4 is 16.0 Å². The Balaban J connectivity index is 1.42. The lowest BCUT2D eigenvalue weighted by atomic mass is 10.0. The number of benzene rings is 1.